The first-order valence-corrected chi connectivity index (χ1v) is 9.87. The zero-order valence-electron chi connectivity index (χ0n) is 16.2. The summed E-state index contributed by atoms with van der Waals surface area (Å²) >= 11 is 0. The Morgan fingerprint density at radius 2 is 2.14 bits per heavy atom. The molecule has 0 radical (unpaired) electrons. The molecule has 152 valence electrons. The number of hydrogen-bond acceptors (Lipinski definition) is 6. The van der Waals surface area contributed by atoms with Gasteiger partial charge >= 0.3 is 0 Å². The van der Waals surface area contributed by atoms with E-state index in [1.807, 2.05) is 6.92 Å². The summed E-state index contributed by atoms with van der Waals surface area (Å²) in [5, 5.41) is 13.0. The molecule has 29 heavy (non-hydrogen) atoms. The third kappa shape index (κ3) is 4.32. The number of aromatic nitrogens is 3. The smallest absolute Gasteiger partial charge is 0.271 e. The SMILES string of the molecule is CCOc1cccnc1Oc1ccc2nc(C(=O)N[C@H]3CCCC[C@@H]3O)cn2c1. The first-order chi connectivity index (χ1) is 14.1. The van der Waals surface area contributed by atoms with Crippen molar-refractivity contribution in [3.63, 3.8) is 0 Å². The number of fused-ring (bicyclic) bond motifs is 1. The highest BCUT2D eigenvalue weighted by Gasteiger charge is 2.25. The molecule has 0 unspecified atom stereocenters. The van der Waals surface area contributed by atoms with Crippen LogP contribution in [0.25, 0.3) is 5.65 Å². The van der Waals surface area contributed by atoms with Gasteiger partial charge in [0.25, 0.3) is 11.8 Å². The molecular formula is C21H24N4O4. The van der Waals surface area contributed by atoms with Crippen molar-refractivity contribution in [2.75, 3.05) is 6.61 Å². The van der Waals surface area contributed by atoms with Gasteiger partial charge in [0, 0.05) is 12.4 Å². The molecule has 3 aromatic heterocycles. The molecule has 1 amide bonds. The van der Waals surface area contributed by atoms with Crippen molar-refractivity contribution < 1.29 is 19.4 Å². The fourth-order valence-electron chi connectivity index (χ4n) is 3.49. The molecule has 8 heteroatoms. The van der Waals surface area contributed by atoms with Gasteiger partial charge in [-0.1, -0.05) is 12.8 Å². The molecule has 0 spiro atoms. The largest absolute Gasteiger partial charge is 0.488 e. The number of hydrogen-bond donors (Lipinski definition) is 2. The van der Waals surface area contributed by atoms with Gasteiger partial charge in [0.05, 0.1) is 24.9 Å². The van der Waals surface area contributed by atoms with E-state index in [4.69, 9.17) is 9.47 Å². The van der Waals surface area contributed by atoms with E-state index >= 15 is 0 Å². The Morgan fingerprint density at radius 1 is 1.28 bits per heavy atom. The van der Waals surface area contributed by atoms with E-state index in [0.717, 1.165) is 19.3 Å². The number of carbonyl (C=O) groups is 1. The van der Waals surface area contributed by atoms with Crippen LogP contribution < -0.4 is 14.8 Å². The van der Waals surface area contributed by atoms with Crippen LogP contribution in [0, 0.1) is 0 Å². The summed E-state index contributed by atoms with van der Waals surface area (Å²) in [7, 11) is 0. The Balaban J connectivity index is 1.51. The predicted molar refractivity (Wildman–Crippen MR) is 106 cm³/mol. The van der Waals surface area contributed by atoms with Gasteiger partial charge in [-0.3, -0.25) is 4.79 Å². The van der Waals surface area contributed by atoms with Crippen LogP contribution in [-0.2, 0) is 0 Å². The van der Waals surface area contributed by atoms with Gasteiger partial charge in [-0.15, -0.1) is 0 Å². The van der Waals surface area contributed by atoms with E-state index in [-0.39, 0.29) is 11.9 Å². The molecule has 3 aromatic rings. The molecule has 1 fully saturated rings. The molecule has 2 atom stereocenters. The third-order valence-electron chi connectivity index (χ3n) is 4.95. The van der Waals surface area contributed by atoms with Crippen LogP contribution in [0.4, 0.5) is 0 Å². The normalized spacial score (nSPS) is 19.1. The standard InChI is InChI=1S/C21H24N4O4/c1-2-28-18-8-5-11-22-21(18)29-14-9-10-19-23-16(13-25(19)12-14)20(27)24-15-6-3-4-7-17(15)26/h5,8-13,15,17,26H,2-4,6-7H2,1H3,(H,24,27)/t15-,17-/m0/s1. The fourth-order valence-corrected chi connectivity index (χ4v) is 3.49. The lowest BCUT2D eigenvalue weighted by Crippen LogP contribution is -2.45. The first-order valence-electron chi connectivity index (χ1n) is 9.87. The van der Waals surface area contributed by atoms with Crippen LogP contribution in [0.1, 0.15) is 43.1 Å². The molecule has 0 saturated heterocycles. The number of amides is 1. The van der Waals surface area contributed by atoms with E-state index in [1.165, 1.54) is 0 Å². The van der Waals surface area contributed by atoms with Crippen molar-refractivity contribution in [1.82, 2.24) is 19.7 Å². The van der Waals surface area contributed by atoms with Crippen molar-refractivity contribution in [3.8, 4) is 17.4 Å². The maximum absolute atomic E-state index is 12.6. The number of nitrogens with one attached hydrogen (secondary N) is 1. The van der Waals surface area contributed by atoms with Crippen LogP contribution >= 0.6 is 0 Å². The lowest BCUT2D eigenvalue weighted by atomic mass is 9.92. The molecule has 1 aliphatic carbocycles. The maximum atomic E-state index is 12.6. The Labute approximate surface area is 168 Å². The van der Waals surface area contributed by atoms with Gasteiger partial charge in [-0.05, 0) is 44.0 Å². The number of pyridine rings is 2. The number of rotatable bonds is 6. The van der Waals surface area contributed by atoms with Gasteiger partial charge in [-0.25, -0.2) is 9.97 Å². The van der Waals surface area contributed by atoms with E-state index in [2.05, 4.69) is 15.3 Å². The number of nitrogens with zero attached hydrogens (tertiary/aromatic N) is 3. The zero-order valence-corrected chi connectivity index (χ0v) is 16.2. The topological polar surface area (TPSA) is 98.0 Å². The van der Waals surface area contributed by atoms with Gasteiger partial charge in [0.1, 0.15) is 17.1 Å². The van der Waals surface area contributed by atoms with E-state index in [9.17, 15) is 9.90 Å². The minimum absolute atomic E-state index is 0.221. The minimum atomic E-state index is -0.498. The number of imidazole rings is 1. The highest BCUT2D eigenvalue weighted by atomic mass is 16.5. The predicted octanol–water partition coefficient (Wildman–Crippen LogP) is 2.95. The van der Waals surface area contributed by atoms with Gasteiger partial charge in [-0.2, -0.15) is 0 Å². The number of carbonyl (C=O) groups excluding carboxylic acids is 1. The Kier molecular flexibility index (Phi) is 5.62. The zero-order chi connectivity index (χ0) is 20.2. The molecule has 3 heterocycles. The molecular weight excluding hydrogens is 372 g/mol. The van der Waals surface area contributed by atoms with Gasteiger partial charge < -0.3 is 24.3 Å². The lowest BCUT2D eigenvalue weighted by Gasteiger charge is -2.27. The molecule has 1 aliphatic rings. The molecule has 8 nitrogen and oxygen atoms in total. The van der Waals surface area contributed by atoms with Crippen molar-refractivity contribution in [2.24, 2.45) is 0 Å². The molecule has 0 aromatic carbocycles. The van der Waals surface area contributed by atoms with E-state index < -0.39 is 6.10 Å². The van der Waals surface area contributed by atoms with Crippen LogP contribution in [-0.4, -0.2) is 44.1 Å². The second-order valence-electron chi connectivity index (χ2n) is 7.03. The molecule has 2 N–H and O–H groups in total. The summed E-state index contributed by atoms with van der Waals surface area (Å²) in [6, 6.07) is 6.89. The Bertz CT molecular complexity index is 1000. The summed E-state index contributed by atoms with van der Waals surface area (Å²) in [4.78, 5) is 21.2. The minimum Gasteiger partial charge on any atom is -0.488 e. The number of ether oxygens (including phenoxy) is 2. The molecule has 0 aliphatic heterocycles. The van der Waals surface area contributed by atoms with Crippen molar-refractivity contribution >= 4 is 11.6 Å². The van der Waals surface area contributed by atoms with Crippen molar-refractivity contribution in [1.29, 1.82) is 0 Å². The molecule has 1 saturated carbocycles. The lowest BCUT2D eigenvalue weighted by molar-refractivity contribution is 0.0714. The van der Waals surface area contributed by atoms with Crippen molar-refractivity contribution in [3.05, 3.63) is 48.5 Å². The molecule has 0 bridgehead atoms. The average Bonchev–Trinajstić information content (AvgIpc) is 3.15. The second-order valence-corrected chi connectivity index (χ2v) is 7.03. The first kappa shape index (κ1) is 19.2. The summed E-state index contributed by atoms with van der Waals surface area (Å²) in [6.45, 7) is 2.41. The second kappa shape index (κ2) is 8.48. The van der Waals surface area contributed by atoms with E-state index in [1.54, 1.807) is 47.3 Å². The number of aliphatic hydroxyl groups is 1. The third-order valence-corrected chi connectivity index (χ3v) is 4.95. The summed E-state index contributed by atoms with van der Waals surface area (Å²) in [6.07, 6.45) is 8.02. The highest BCUT2D eigenvalue weighted by Crippen LogP contribution is 2.29. The summed E-state index contributed by atoms with van der Waals surface area (Å²) in [5.74, 6) is 1.19. The highest BCUT2D eigenvalue weighted by molar-refractivity contribution is 5.93. The maximum Gasteiger partial charge on any atom is 0.271 e. The van der Waals surface area contributed by atoms with E-state index in [0.29, 0.717) is 41.7 Å². The Morgan fingerprint density at radius 3 is 2.97 bits per heavy atom. The van der Waals surface area contributed by atoms with Gasteiger partial charge in [0.2, 0.25) is 0 Å². The molecule has 4 rings (SSSR count). The Hall–Kier alpha value is -3.13. The average molecular weight is 396 g/mol. The van der Waals surface area contributed by atoms with Crippen LogP contribution in [0.15, 0.2) is 42.9 Å². The number of aliphatic hydroxyl groups excluding tert-OH is 1. The summed E-state index contributed by atoms with van der Waals surface area (Å²) in [5.41, 5.74) is 0.922. The quantitative estimate of drug-likeness (QED) is 0.665. The van der Waals surface area contributed by atoms with Crippen molar-refractivity contribution in [2.45, 2.75) is 44.8 Å². The van der Waals surface area contributed by atoms with Gasteiger partial charge in [0.15, 0.2) is 5.75 Å². The monoisotopic (exact) mass is 396 g/mol. The van der Waals surface area contributed by atoms with Crippen LogP contribution in [0.3, 0.4) is 0 Å². The van der Waals surface area contributed by atoms with Crippen LogP contribution in [0.2, 0.25) is 0 Å². The summed E-state index contributed by atoms with van der Waals surface area (Å²) < 4.78 is 13.1. The fraction of sp³-hybridized carbons (Fsp3) is 0.381. The van der Waals surface area contributed by atoms with Crippen LogP contribution in [0.5, 0.6) is 17.4 Å².